The summed E-state index contributed by atoms with van der Waals surface area (Å²) in [5.41, 5.74) is 2.40. The maximum absolute atomic E-state index is 12.8. The fourth-order valence-electron chi connectivity index (χ4n) is 2.74. The van der Waals surface area contributed by atoms with Crippen LogP contribution in [-0.4, -0.2) is 38.1 Å². The summed E-state index contributed by atoms with van der Waals surface area (Å²) in [7, 11) is 1.75. The number of hydrogen-bond donors (Lipinski definition) is 2. The summed E-state index contributed by atoms with van der Waals surface area (Å²) < 4.78 is 0. The fraction of sp³-hybridized carbons (Fsp3) is 0.278. The number of aromatic nitrogens is 3. The number of benzene rings is 1. The molecule has 0 aliphatic rings. The van der Waals surface area contributed by atoms with Gasteiger partial charge in [-0.15, -0.1) is 11.3 Å². The second-order valence-corrected chi connectivity index (χ2v) is 7.36. The minimum absolute atomic E-state index is 0.128. The highest BCUT2D eigenvalue weighted by Crippen LogP contribution is 2.29. The van der Waals surface area contributed by atoms with E-state index in [1.807, 2.05) is 26.8 Å². The van der Waals surface area contributed by atoms with Crippen LogP contribution in [0.15, 0.2) is 30.3 Å². The molecule has 25 heavy (non-hydrogen) atoms. The predicted molar refractivity (Wildman–Crippen MR) is 97.8 cm³/mol. The van der Waals surface area contributed by atoms with Crippen molar-refractivity contribution in [3.05, 3.63) is 51.6 Å². The van der Waals surface area contributed by atoms with Gasteiger partial charge in [-0.2, -0.15) is 5.10 Å². The highest BCUT2D eigenvalue weighted by Gasteiger charge is 2.24. The van der Waals surface area contributed by atoms with Crippen LogP contribution in [0.3, 0.4) is 0 Å². The Hall–Kier alpha value is -2.67. The molecule has 1 amide bonds. The van der Waals surface area contributed by atoms with Gasteiger partial charge in [-0.05, 0) is 39.0 Å². The van der Waals surface area contributed by atoms with Gasteiger partial charge >= 0.3 is 0 Å². The van der Waals surface area contributed by atoms with Gasteiger partial charge in [0.25, 0.3) is 5.91 Å². The van der Waals surface area contributed by atoms with Crippen molar-refractivity contribution in [3.63, 3.8) is 0 Å². The topological polar surface area (TPSA) is 82.1 Å². The third kappa shape index (κ3) is 3.28. The van der Waals surface area contributed by atoms with E-state index in [-0.39, 0.29) is 17.7 Å². The number of aromatic hydroxyl groups is 1. The molecule has 2 aromatic heterocycles. The molecule has 7 heteroatoms. The zero-order chi connectivity index (χ0) is 18.1. The normalized spacial score (nSPS) is 12.2. The minimum Gasteiger partial charge on any atom is -0.507 e. The lowest BCUT2D eigenvalue weighted by molar-refractivity contribution is 0.0734. The van der Waals surface area contributed by atoms with Crippen LogP contribution in [0.4, 0.5) is 0 Å². The monoisotopic (exact) mass is 356 g/mol. The van der Waals surface area contributed by atoms with E-state index in [1.54, 1.807) is 47.5 Å². The highest BCUT2D eigenvalue weighted by molar-refractivity contribution is 7.11. The molecule has 2 heterocycles. The summed E-state index contributed by atoms with van der Waals surface area (Å²) >= 11 is 1.63. The number of nitrogens with zero attached hydrogens (tertiary/aromatic N) is 3. The van der Waals surface area contributed by atoms with Crippen LogP contribution in [0.2, 0.25) is 0 Å². The van der Waals surface area contributed by atoms with Crippen LogP contribution in [0.25, 0.3) is 11.3 Å². The average Bonchev–Trinajstić information content (AvgIpc) is 3.20. The van der Waals surface area contributed by atoms with E-state index in [1.165, 1.54) is 0 Å². The largest absolute Gasteiger partial charge is 0.507 e. The first-order valence-electron chi connectivity index (χ1n) is 7.93. The van der Waals surface area contributed by atoms with Crippen molar-refractivity contribution < 1.29 is 9.90 Å². The molecular weight excluding hydrogens is 336 g/mol. The number of H-pyrrole nitrogens is 1. The Kier molecular flexibility index (Phi) is 4.59. The van der Waals surface area contributed by atoms with Crippen LogP contribution >= 0.6 is 11.3 Å². The number of carbonyl (C=O) groups excluding carboxylic acids is 1. The molecule has 0 radical (unpaired) electrons. The molecule has 0 aliphatic heterocycles. The van der Waals surface area contributed by atoms with Crippen molar-refractivity contribution in [1.82, 2.24) is 20.1 Å². The summed E-state index contributed by atoms with van der Waals surface area (Å²) in [6.45, 7) is 5.93. The van der Waals surface area contributed by atoms with Gasteiger partial charge < -0.3 is 10.0 Å². The maximum Gasteiger partial charge on any atom is 0.272 e. The van der Waals surface area contributed by atoms with Gasteiger partial charge in [-0.1, -0.05) is 12.1 Å². The SMILES string of the molecule is Cc1nc([C@H](C)N(C)C(=O)c2cc(-c3ccccc3O)n[nH]2)c(C)s1. The van der Waals surface area contributed by atoms with Crippen molar-refractivity contribution in [1.29, 1.82) is 0 Å². The summed E-state index contributed by atoms with van der Waals surface area (Å²) in [6.07, 6.45) is 0. The Labute approximate surface area is 150 Å². The van der Waals surface area contributed by atoms with Gasteiger partial charge in [-0.3, -0.25) is 9.89 Å². The number of hydrogen-bond acceptors (Lipinski definition) is 5. The number of carbonyl (C=O) groups is 1. The van der Waals surface area contributed by atoms with Gasteiger partial charge in [0.15, 0.2) is 0 Å². The number of phenols is 1. The van der Waals surface area contributed by atoms with Crippen LogP contribution in [0.5, 0.6) is 5.75 Å². The van der Waals surface area contributed by atoms with Crippen LogP contribution in [0, 0.1) is 13.8 Å². The molecule has 1 aromatic carbocycles. The Balaban J connectivity index is 1.84. The molecule has 1 atom stereocenters. The number of rotatable bonds is 4. The lowest BCUT2D eigenvalue weighted by Gasteiger charge is -2.23. The molecule has 0 aliphatic carbocycles. The Morgan fingerprint density at radius 2 is 2.04 bits per heavy atom. The standard InChI is InChI=1S/C18H20N4O2S/c1-10(17-11(2)25-12(3)19-17)22(4)18(24)15-9-14(20-21-15)13-7-5-6-8-16(13)23/h5-10,23H,1-4H3,(H,20,21)/t10-/m0/s1. The highest BCUT2D eigenvalue weighted by atomic mass is 32.1. The smallest absolute Gasteiger partial charge is 0.272 e. The van der Waals surface area contributed by atoms with Crippen molar-refractivity contribution in [2.45, 2.75) is 26.8 Å². The molecule has 0 fully saturated rings. The van der Waals surface area contributed by atoms with Gasteiger partial charge in [-0.25, -0.2) is 4.98 Å². The molecule has 2 N–H and O–H groups in total. The molecule has 0 bridgehead atoms. The minimum atomic E-state index is -0.174. The van der Waals surface area contributed by atoms with Gasteiger partial charge in [0.1, 0.15) is 11.4 Å². The van der Waals surface area contributed by atoms with Crippen molar-refractivity contribution in [2.24, 2.45) is 0 Å². The van der Waals surface area contributed by atoms with Crippen molar-refractivity contribution in [2.75, 3.05) is 7.05 Å². The Morgan fingerprint density at radius 3 is 2.68 bits per heavy atom. The van der Waals surface area contributed by atoms with E-state index in [0.29, 0.717) is 17.0 Å². The number of aromatic amines is 1. The van der Waals surface area contributed by atoms with Gasteiger partial charge in [0.05, 0.1) is 22.4 Å². The zero-order valence-corrected chi connectivity index (χ0v) is 15.4. The predicted octanol–water partition coefficient (Wildman–Crippen LogP) is 3.69. The first kappa shape index (κ1) is 17.2. The lowest BCUT2D eigenvalue weighted by Crippen LogP contribution is -2.30. The van der Waals surface area contributed by atoms with Crippen LogP contribution in [-0.2, 0) is 0 Å². The molecule has 0 saturated heterocycles. The van der Waals surface area contributed by atoms with Crippen molar-refractivity contribution >= 4 is 17.2 Å². The summed E-state index contributed by atoms with van der Waals surface area (Å²) in [5, 5.41) is 17.9. The third-order valence-electron chi connectivity index (χ3n) is 4.22. The quantitative estimate of drug-likeness (QED) is 0.747. The second-order valence-electron chi connectivity index (χ2n) is 5.95. The Bertz CT molecular complexity index is 915. The van der Waals surface area contributed by atoms with Crippen molar-refractivity contribution in [3.8, 4) is 17.0 Å². The average molecular weight is 356 g/mol. The molecule has 0 saturated carbocycles. The Morgan fingerprint density at radius 1 is 1.32 bits per heavy atom. The van der Waals surface area contributed by atoms with E-state index in [2.05, 4.69) is 15.2 Å². The maximum atomic E-state index is 12.8. The number of para-hydroxylation sites is 1. The second kappa shape index (κ2) is 6.68. The molecule has 3 rings (SSSR count). The van der Waals surface area contributed by atoms with E-state index in [9.17, 15) is 9.90 Å². The van der Waals surface area contributed by atoms with E-state index in [4.69, 9.17) is 0 Å². The zero-order valence-electron chi connectivity index (χ0n) is 14.6. The van der Waals surface area contributed by atoms with Gasteiger partial charge in [0.2, 0.25) is 0 Å². The first-order valence-corrected chi connectivity index (χ1v) is 8.75. The number of thiazole rings is 1. The number of amides is 1. The van der Waals surface area contributed by atoms with E-state index >= 15 is 0 Å². The number of aryl methyl sites for hydroxylation is 2. The van der Waals surface area contributed by atoms with Crippen LogP contribution < -0.4 is 0 Å². The molecule has 130 valence electrons. The lowest BCUT2D eigenvalue weighted by atomic mass is 10.1. The fourth-order valence-corrected chi connectivity index (χ4v) is 3.65. The molecule has 0 unspecified atom stereocenters. The number of nitrogens with one attached hydrogen (secondary N) is 1. The van der Waals surface area contributed by atoms with Crippen LogP contribution in [0.1, 0.15) is 39.0 Å². The van der Waals surface area contributed by atoms with Gasteiger partial charge in [0, 0.05) is 17.5 Å². The summed E-state index contributed by atoms with van der Waals surface area (Å²) in [6, 6.07) is 8.41. The molecule has 6 nitrogen and oxygen atoms in total. The van der Waals surface area contributed by atoms with E-state index in [0.717, 1.165) is 15.6 Å². The molecular formula is C18H20N4O2S. The summed E-state index contributed by atoms with van der Waals surface area (Å²) in [4.78, 5) is 20.1. The number of phenolic OH excluding ortho intramolecular Hbond substituents is 1. The third-order valence-corrected chi connectivity index (χ3v) is 5.13. The first-order chi connectivity index (χ1) is 11.9. The molecule has 0 spiro atoms. The summed E-state index contributed by atoms with van der Waals surface area (Å²) in [5.74, 6) is -0.0463. The molecule has 3 aromatic rings. The van der Waals surface area contributed by atoms with E-state index < -0.39 is 0 Å².